The van der Waals surface area contributed by atoms with Crippen LogP contribution in [0.2, 0.25) is 10.0 Å². The fourth-order valence-corrected chi connectivity index (χ4v) is 6.02. The minimum atomic E-state index is 0.566. The van der Waals surface area contributed by atoms with Gasteiger partial charge in [-0.15, -0.1) is 0 Å². The van der Waals surface area contributed by atoms with Crippen molar-refractivity contribution in [2.75, 3.05) is 17.7 Å². The van der Waals surface area contributed by atoms with E-state index >= 15 is 0 Å². The molecular formula is C31H29Cl2N5OS. The van der Waals surface area contributed by atoms with Crippen LogP contribution in [0, 0.1) is 6.92 Å². The van der Waals surface area contributed by atoms with Gasteiger partial charge in [-0.25, -0.2) is 4.52 Å². The maximum Gasteiger partial charge on any atom is 0.150 e. The Labute approximate surface area is 248 Å². The first-order valence-electron chi connectivity index (χ1n) is 13.3. The third-order valence-corrected chi connectivity index (χ3v) is 8.42. The second kappa shape index (κ2) is 11.2. The Morgan fingerprint density at radius 2 is 1.80 bits per heavy atom. The lowest BCUT2D eigenvalue weighted by molar-refractivity contribution is 0.415. The van der Waals surface area contributed by atoms with Crippen molar-refractivity contribution >= 4 is 57.4 Å². The zero-order chi connectivity index (χ0) is 27.8. The summed E-state index contributed by atoms with van der Waals surface area (Å²) in [6.45, 7) is 3.48. The first-order chi connectivity index (χ1) is 19.4. The number of rotatable bonds is 7. The predicted molar refractivity (Wildman–Crippen MR) is 168 cm³/mol. The summed E-state index contributed by atoms with van der Waals surface area (Å²) < 4.78 is 9.70. The summed E-state index contributed by atoms with van der Waals surface area (Å²) in [6, 6.07) is 21.6. The lowest BCUT2D eigenvalue weighted by Gasteiger charge is -2.13. The summed E-state index contributed by atoms with van der Waals surface area (Å²) in [4.78, 5) is 0.604. The second-order valence-corrected chi connectivity index (χ2v) is 11.2. The zero-order valence-electron chi connectivity index (χ0n) is 22.3. The minimum absolute atomic E-state index is 0.566. The van der Waals surface area contributed by atoms with Crippen LogP contribution < -0.4 is 15.4 Å². The summed E-state index contributed by atoms with van der Waals surface area (Å²) in [5, 5.41) is 13.6. The van der Waals surface area contributed by atoms with Crippen molar-refractivity contribution in [2.45, 2.75) is 39.3 Å². The molecule has 0 bridgehead atoms. The molecule has 9 heteroatoms. The van der Waals surface area contributed by atoms with E-state index in [1.807, 2.05) is 66.0 Å². The number of aromatic nitrogens is 3. The van der Waals surface area contributed by atoms with Gasteiger partial charge < -0.3 is 19.9 Å². The van der Waals surface area contributed by atoms with Crippen molar-refractivity contribution in [2.24, 2.45) is 0 Å². The van der Waals surface area contributed by atoms with Crippen LogP contribution in [0.3, 0.4) is 0 Å². The van der Waals surface area contributed by atoms with Gasteiger partial charge in [-0.2, -0.15) is 5.10 Å². The summed E-state index contributed by atoms with van der Waals surface area (Å²) in [5.74, 6) is 1.74. The molecule has 5 aromatic rings. The molecule has 0 saturated carbocycles. The van der Waals surface area contributed by atoms with Gasteiger partial charge >= 0.3 is 0 Å². The fraction of sp³-hybridized carbons (Fsp3) is 0.226. The molecule has 6 nitrogen and oxygen atoms in total. The third kappa shape index (κ3) is 4.94. The van der Waals surface area contributed by atoms with Crippen LogP contribution in [0.4, 0.5) is 11.4 Å². The Kier molecular flexibility index (Phi) is 7.45. The van der Waals surface area contributed by atoms with E-state index in [4.69, 9.17) is 45.3 Å². The fourth-order valence-electron chi connectivity index (χ4n) is 5.41. The molecule has 3 heterocycles. The summed E-state index contributed by atoms with van der Waals surface area (Å²) in [5.41, 5.74) is 8.30. The molecule has 0 radical (unpaired) electrons. The number of nitrogens with one attached hydrogen (secondary N) is 2. The lowest BCUT2D eigenvalue weighted by Crippen LogP contribution is -2.15. The summed E-state index contributed by atoms with van der Waals surface area (Å²) in [7, 11) is 1.66. The molecule has 0 spiro atoms. The molecule has 0 unspecified atom stereocenters. The van der Waals surface area contributed by atoms with Crippen LogP contribution in [0.25, 0.3) is 16.8 Å². The van der Waals surface area contributed by atoms with E-state index in [9.17, 15) is 0 Å². The van der Waals surface area contributed by atoms with E-state index in [0.29, 0.717) is 16.6 Å². The van der Waals surface area contributed by atoms with Crippen molar-refractivity contribution in [3.8, 4) is 16.9 Å². The number of methoxy groups -OCH3 is 1. The monoisotopic (exact) mass is 589 g/mol. The largest absolute Gasteiger partial charge is 0.497 e. The van der Waals surface area contributed by atoms with E-state index in [0.717, 1.165) is 81.8 Å². The van der Waals surface area contributed by atoms with Crippen molar-refractivity contribution in [1.82, 2.24) is 14.2 Å². The van der Waals surface area contributed by atoms with Gasteiger partial charge in [-0.1, -0.05) is 53.6 Å². The predicted octanol–water partition coefficient (Wildman–Crippen LogP) is 8.16. The van der Waals surface area contributed by atoms with Crippen LogP contribution in [-0.4, -0.2) is 26.3 Å². The number of thiocarbonyl (C=S) groups is 1. The van der Waals surface area contributed by atoms with E-state index in [-0.39, 0.29) is 0 Å². The normalized spacial score (nSPS) is 12.8. The molecular weight excluding hydrogens is 561 g/mol. The van der Waals surface area contributed by atoms with Gasteiger partial charge in [-0.05, 0) is 85.8 Å². The minimum Gasteiger partial charge on any atom is -0.497 e. The Hall–Kier alpha value is -3.52. The van der Waals surface area contributed by atoms with Crippen LogP contribution in [-0.2, 0) is 19.5 Å². The number of anilines is 2. The van der Waals surface area contributed by atoms with Gasteiger partial charge in [-0.3, -0.25) is 0 Å². The first kappa shape index (κ1) is 26.7. The van der Waals surface area contributed by atoms with Gasteiger partial charge in [0.15, 0.2) is 5.82 Å². The highest BCUT2D eigenvalue weighted by molar-refractivity contribution is 7.81. The highest BCUT2D eigenvalue weighted by Gasteiger charge is 2.29. The molecule has 0 fully saturated rings. The Bertz CT molecular complexity index is 1710. The van der Waals surface area contributed by atoms with Crippen LogP contribution in [0.1, 0.15) is 35.5 Å². The number of hydrogen-bond donors (Lipinski definition) is 2. The third-order valence-electron chi connectivity index (χ3n) is 7.46. The van der Waals surface area contributed by atoms with Gasteiger partial charge in [0.25, 0.3) is 0 Å². The molecule has 2 aromatic heterocycles. The molecule has 6 rings (SSSR count). The average molecular weight is 591 g/mol. The Balaban J connectivity index is 1.47. The molecule has 204 valence electrons. The summed E-state index contributed by atoms with van der Waals surface area (Å²) in [6.07, 6.45) is 3.10. The number of halogens is 2. The topological polar surface area (TPSA) is 55.5 Å². The number of benzene rings is 3. The molecule has 0 amide bonds. The molecule has 2 N–H and O–H groups in total. The van der Waals surface area contributed by atoms with Gasteiger partial charge in [0, 0.05) is 39.1 Å². The van der Waals surface area contributed by atoms with Gasteiger partial charge in [0.1, 0.15) is 22.1 Å². The maximum atomic E-state index is 6.38. The van der Waals surface area contributed by atoms with Crippen molar-refractivity contribution in [3.63, 3.8) is 0 Å². The lowest BCUT2D eigenvalue weighted by atomic mass is 9.98. The first-order valence-corrected chi connectivity index (χ1v) is 14.4. The van der Waals surface area contributed by atoms with Crippen LogP contribution >= 0.6 is 35.4 Å². The van der Waals surface area contributed by atoms with E-state index in [1.165, 1.54) is 5.56 Å². The zero-order valence-corrected chi connectivity index (χ0v) is 24.6. The highest BCUT2D eigenvalue weighted by atomic mass is 35.5. The Morgan fingerprint density at radius 3 is 2.55 bits per heavy atom. The van der Waals surface area contributed by atoms with Crippen LogP contribution in [0.5, 0.6) is 5.75 Å². The number of aryl methyl sites for hydroxylation is 2. The second-order valence-electron chi connectivity index (χ2n) is 9.92. The number of hydrogen-bond acceptors (Lipinski definition) is 4. The van der Waals surface area contributed by atoms with Crippen molar-refractivity contribution < 1.29 is 4.74 Å². The quantitative estimate of drug-likeness (QED) is 0.187. The summed E-state index contributed by atoms with van der Waals surface area (Å²) >= 11 is 18.7. The highest BCUT2D eigenvalue weighted by Crippen LogP contribution is 2.38. The molecule has 3 aromatic carbocycles. The Morgan fingerprint density at radius 1 is 1.02 bits per heavy atom. The van der Waals surface area contributed by atoms with E-state index in [1.54, 1.807) is 7.11 Å². The molecule has 1 aliphatic rings. The molecule has 0 aliphatic carbocycles. The number of nitrogens with zero attached hydrogens (tertiary/aromatic N) is 3. The smallest absolute Gasteiger partial charge is 0.150 e. The molecule has 0 saturated heterocycles. The molecule has 0 atom stereocenters. The maximum absolute atomic E-state index is 6.38. The van der Waals surface area contributed by atoms with Gasteiger partial charge in [0.2, 0.25) is 0 Å². The van der Waals surface area contributed by atoms with Crippen molar-refractivity contribution in [3.05, 3.63) is 99.4 Å². The van der Waals surface area contributed by atoms with Gasteiger partial charge in [0.05, 0.1) is 13.7 Å². The van der Waals surface area contributed by atoms with Crippen molar-refractivity contribution in [1.29, 1.82) is 0 Å². The van der Waals surface area contributed by atoms with E-state index in [2.05, 4.69) is 27.3 Å². The van der Waals surface area contributed by atoms with E-state index < -0.39 is 0 Å². The standard InChI is InChI=1S/C31H29Cl2N5OS/c1-19-25(33)7-5-8-26(19)34-18-27-36-38-29(30(40)35-22-13-15-23(39-2)16-14-22)28(20-9-11-21(32)12-10-20)24-6-3-4-17-37(27)31(24)38/h5,7-16,34H,3-4,6,17-18H2,1-2H3,(H,35,40). The molecule has 1 aliphatic heterocycles. The molecule has 40 heavy (non-hydrogen) atoms. The SMILES string of the molecule is COc1ccc(NC(=S)c2c(-c3ccc(Cl)cc3)c3c4n(c(CNc5cccc(Cl)c5C)nn24)CCCC3)cc1. The number of ether oxygens (including phenoxy) is 1. The van der Waals surface area contributed by atoms with Crippen LogP contribution in [0.15, 0.2) is 66.7 Å². The average Bonchev–Trinajstić information content (AvgIpc) is 3.36.